The second kappa shape index (κ2) is 10.2. The van der Waals surface area contributed by atoms with Gasteiger partial charge >= 0.3 is 0 Å². The fraction of sp³-hybridized carbons (Fsp3) is 0.500. The van der Waals surface area contributed by atoms with E-state index in [9.17, 15) is 0 Å². The summed E-state index contributed by atoms with van der Waals surface area (Å²) in [5, 5.41) is 0. The largest absolute Gasteiger partial charge is 0.0958 e. The van der Waals surface area contributed by atoms with E-state index in [0.29, 0.717) is 0 Å². The SMILES string of the molecule is C=C(/C=C\C(=C)CC)CC.CC. The molecule has 0 saturated carbocycles. The van der Waals surface area contributed by atoms with E-state index in [2.05, 4.69) is 27.0 Å². The number of rotatable bonds is 4. The standard InChI is InChI=1S/C10H16.C2H6/c1-5-9(3)7-8-10(4)6-2;1-2/h7-8H,3-6H2,1-2H3;1-2H3/b8-7-;. The third-order valence-corrected chi connectivity index (χ3v) is 1.46. The van der Waals surface area contributed by atoms with Crippen molar-refractivity contribution in [3.05, 3.63) is 36.5 Å². The van der Waals surface area contributed by atoms with E-state index in [4.69, 9.17) is 0 Å². The molecule has 12 heavy (non-hydrogen) atoms. The summed E-state index contributed by atoms with van der Waals surface area (Å²) < 4.78 is 0. The summed E-state index contributed by atoms with van der Waals surface area (Å²) in [6.07, 6.45) is 6.11. The van der Waals surface area contributed by atoms with Gasteiger partial charge in [-0.3, -0.25) is 0 Å². The highest BCUT2D eigenvalue weighted by molar-refractivity contribution is 5.23. The maximum absolute atomic E-state index is 3.85. The topological polar surface area (TPSA) is 0 Å². The summed E-state index contributed by atoms with van der Waals surface area (Å²) in [6.45, 7) is 15.9. The summed E-state index contributed by atoms with van der Waals surface area (Å²) in [5.41, 5.74) is 2.32. The maximum Gasteiger partial charge on any atom is -0.0313 e. The van der Waals surface area contributed by atoms with Crippen LogP contribution in [0.2, 0.25) is 0 Å². The molecule has 0 fully saturated rings. The van der Waals surface area contributed by atoms with Crippen LogP contribution in [0, 0.1) is 0 Å². The second-order valence-corrected chi connectivity index (χ2v) is 2.36. The van der Waals surface area contributed by atoms with Crippen molar-refractivity contribution in [2.75, 3.05) is 0 Å². The Morgan fingerprint density at radius 1 is 0.917 bits per heavy atom. The molecule has 0 N–H and O–H groups in total. The summed E-state index contributed by atoms with van der Waals surface area (Å²) >= 11 is 0. The molecular formula is C12H22. The molecule has 0 heterocycles. The molecule has 0 aliphatic carbocycles. The van der Waals surface area contributed by atoms with Gasteiger partial charge in [-0.1, -0.05) is 64.2 Å². The van der Waals surface area contributed by atoms with Crippen LogP contribution in [0.5, 0.6) is 0 Å². The first-order chi connectivity index (χ1) is 5.70. The molecule has 0 aromatic rings. The van der Waals surface area contributed by atoms with Crippen molar-refractivity contribution in [1.82, 2.24) is 0 Å². The van der Waals surface area contributed by atoms with Crippen molar-refractivity contribution in [3.63, 3.8) is 0 Å². The molecule has 0 aliphatic rings. The minimum atomic E-state index is 1.02. The van der Waals surface area contributed by atoms with Crippen LogP contribution in [0.15, 0.2) is 36.5 Å². The molecule has 0 saturated heterocycles. The molecule has 0 aromatic carbocycles. The first-order valence-electron chi connectivity index (χ1n) is 4.74. The third kappa shape index (κ3) is 9.22. The summed E-state index contributed by atoms with van der Waals surface area (Å²) in [5.74, 6) is 0. The van der Waals surface area contributed by atoms with Gasteiger partial charge in [0.1, 0.15) is 0 Å². The van der Waals surface area contributed by atoms with E-state index in [1.807, 2.05) is 26.0 Å². The van der Waals surface area contributed by atoms with Crippen LogP contribution in [0.4, 0.5) is 0 Å². The van der Waals surface area contributed by atoms with E-state index in [1.54, 1.807) is 0 Å². The van der Waals surface area contributed by atoms with Crippen LogP contribution < -0.4 is 0 Å². The van der Waals surface area contributed by atoms with Crippen LogP contribution in [0.3, 0.4) is 0 Å². The van der Waals surface area contributed by atoms with Gasteiger partial charge in [-0.05, 0) is 12.8 Å². The minimum Gasteiger partial charge on any atom is -0.0958 e. The van der Waals surface area contributed by atoms with E-state index in [1.165, 1.54) is 0 Å². The van der Waals surface area contributed by atoms with Crippen LogP contribution >= 0.6 is 0 Å². The molecule has 0 bridgehead atoms. The van der Waals surface area contributed by atoms with Crippen LogP contribution in [-0.4, -0.2) is 0 Å². The molecule has 0 rings (SSSR count). The van der Waals surface area contributed by atoms with Gasteiger partial charge in [0, 0.05) is 0 Å². The highest BCUT2D eigenvalue weighted by atomic mass is 13.9. The van der Waals surface area contributed by atoms with E-state index >= 15 is 0 Å². The quantitative estimate of drug-likeness (QED) is 0.539. The molecule has 0 atom stereocenters. The summed E-state index contributed by atoms with van der Waals surface area (Å²) in [7, 11) is 0. The zero-order valence-corrected chi connectivity index (χ0v) is 8.98. The lowest BCUT2D eigenvalue weighted by Gasteiger charge is -1.93. The highest BCUT2D eigenvalue weighted by Gasteiger charge is 1.82. The van der Waals surface area contributed by atoms with Gasteiger partial charge in [0.15, 0.2) is 0 Å². The maximum atomic E-state index is 3.85. The van der Waals surface area contributed by atoms with Gasteiger partial charge < -0.3 is 0 Å². The average Bonchev–Trinajstić information content (AvgIpc) is 2.16. The van der Waals surface area contributed by atoms with Crippen molar-refractivity contribution in [1.29, 1.82) is 0 Å². The molecule has 70 valence electrons. The van der Waals surface area contributed by atoms with Gasteiger partial charge in [-0.15, -0.1) is 0 Å². The number of allylic oxidation sites excluding steroid dienone is 4. The Morgan fingerprint density at radius 2 is 1.17 bits per heavy atom. The lowest BCUT2D eigenvalue weighted by Crippen LogP contribution is -1.72. The molecule has 0 unspecified atom stereocenters. The highest BCUT2D eigenvalue weighted by Crippen LogP contribution is 2.03. The number of hydrogen-bond acceptors (Lipinski definition) is 0. The Morgan fingerprint density at radius 3 is 1.33 bits per heavy atom. The Hall–Kier alpha value is -0.780. The Labute approximate surface area is 77.7 Å². The van der Waals surface area contributed by atoms with Crippen molar-refractivity contribution in [2.45, 2.75) is 40.5 Å². The first-order valence-corrected chi connectivity index (χ1v) is 4.74. The monoisotopic (exact) mass is 166 g/mol. The summed E-state index contributed by atoms with van der Waals surface area (Å²) in [4.78, 5) is 0. The molecule has 0 heteroatoms. The summed E-state index contributed by atoms with van der Waals surface area (Å²) in [6, 6.07) is 0. The van der Waals surface area contributed by atoms with E-state index in [0.717, 1.165) is 24.0 Å². The van der Waals surface area contributed by atoms with Gasteiger partial charge in [0.2, 0.25) is 0 Å². The molecule has 0 spiro atoms. The third-order valence-electron chi connectivity index (χ3n) is 1.46. The average molecular weight is 166 g/mol. The van der Waals surface area contributed by atoms with Crippen LogP contribution in [0.1, 0.15) is 40.5 Å². The molecule has 0 aliphatic heterocycles. The number of hydrogen-bond donors (Lipinski definition) is 0. The van der Waals surface area contributed by atoms with Crippen molar-refractivity contribution >= 4 is 0 Å². The Bertz CT molecular complexity index is 131. The first kappa shape index (κ1) is 13.8. The van der Waals surface area contributed by atoms with E-state index < -0.39 is 0 Å². The van der Waals surface area contributed by atoms with Crippen LogP contribution in [0.25, 0.3) is 0 Å². The predicted molar refractivity (Wildman–Crippen MR) is 59.4 cm³/mol. The molecule has 0 amide bonds. The van der Waals surface area contributed by atoms with E-state index in [-0.39, 0.29) is 0 Å². The lowest BCUT2D eigenvalue weighted by atomic mass is 10.1. The Kier molecular flexibility index (Phi) is 11.7. The zero-order chi connectivity index (χ0) is 9.98. The van der Waals surface area contributed by atoms with Crippen molar-refractivity contribution in [3.8, 4) is 0 Å². The zero-order valence-electron chi connectivity index (χ0n) is 8.98. The van der Waals surface area contributed by atoms with Crippen LogP contribution in [-0.2, 0) is 0 Å². The lowest BCUT2D eigenvalue weighted by molar-refractivity contribution is 1.14. The van der Waals surface area contributed by atoms with Crippen molar-refractivity contribution < 1.29 is 0 Å². The Balaban J connectivity index is 0. The van der Waals surface area contributed by atoms with Gasteiger partial charge in [-0.25, -0.2) is 0 Å². The van der Waals surface area contributed by atoms with Gasteiger partial charge in [0.25, 0.3) is 0 Å². The molecule has 0 radical (unpaired) electrons. The second-order valence-electron chi connectivity index (χ2n) is 2.36. The molecular weight excluding hydrogens is 144 g/mol. The fourth-order valence-electron chi connectivity index (χ4n) is 0.471. The van der Waals surface area contributed by atoms with Gasteiger partial charge in [-0.2, -0.15) is 0 Å². The molecule has 0 aromatic heterocycles. The fourth-order valence-corrected chi connectivity index (χ4v) is 0.471. The molecule has 0 nitrogen and oxygen atoms in total. The smallest absolute Gasteiger partial charge is 0.0313 e. The predicted octanol–water partition coefficient (Wildman–Crippen LogP) is 4.50. The van der Waals surface area contributed by atoms with Gasteiger partial charge in [0.05, 0.1) is 0 Å². The minimum absolute atomic E-state index is 1.02. The van der Waals surface area contributed by atoms with Crippen molar-refractivity contribution in [2.24, 2.45) is 0 Å². The normalized spacial score (nSPS) is 9.00.